The van der Waals surface area contributed by atoms with Crippen LogP contribution >= 0.6 is 0 Å². The Morgan fingerprint density at radius 3 is 2.62 bits per heavy atom. The second kappa shape index (κ2) is 9.90. The first kappa shape index (κ1) is 25.4. The van der Waals surface area contributed by atoms with Crippen LogP contribution in [0.1, 0.15) is 71.5 Å². The minimum absolute atomic E-state index is 0.0757. The van der Waals surface area contributed by atoms with Gasteiger partial charge in [-0.05, 0) is 74.4 Å². The summed E-state index contributed by atoms with van der Waals surface area (Å²) in [5, 5.41) is 10.7. The van der Waals surface area contributed by atoms with E-state index >= 15 is 0 Å². The predicted molar refractivity (Wildman–Crippen MR) is 131 cm³/mol. The maximum absolute atomic E-state index is 13.8. The summed E-state index contributed by atoms with van der Waals surface area (Å²) in [7, 11) is 0. The molecular weight excluding hydrogens is 485 g/mol. The maximum Gasteiger partial charge on any atom is 0.417 e. The zero-order valence-corrected chi connectivity index (χ0v) is 20.5. The third kappa shape index (κ3) is 5.26. The lowest BCUT2D eigenvalue weighted by Crippen LogP contribution is -2.37. The average Bonchev–Trinajstić information content (AvgIpc) is 3.26. The highest BCUT2D eigenvalue weighted by Crippen LogP contribution is 2.38. The van der Waals surface area contributed by atoms with Crippen molar-refractivity contribution in [2.24, 2.45) is 5.92 Å². The van der Waals surface area contributed by atoms with E-state index in [2.05, 4.69) is 9.97 Å². The number of hydrogen-bond donors (Lipinski definition) is 2. The minimum Gasteiger partial charge on any atom is -0.393 e. The van der Waals surface area contributed by atoms with Gasteiger partial charge in [-0.15, -0.1) is 0 Å². The number of amides is 1. The molecule has 0 spiro atoms. The van der Waals surface area contributed by atoms with Crippen LogP contribution in [0.2, 0.25) is 0 Å². The van der Waals surface area contributed by atoms with E-state index < -0.39 is 11.7 Å². The number of carbonyl (C=O) groups is 1. The summed E-state index contributed by atoms with van der Waals surface area (Å²) in [6.07, 6.45) is -1.32. The lowest BCUT2D eigenvalue weighted by atomic mass is 9.87. The van der Waals surface area contributed by atoms with E-state index in [9.17, 15) is 23.1 Å². The number of carbonyl (C=O) groups excluding carboxylic acids is 1. The molecule has 3 heterocycles. The highest BCUT2D eigenvalue weighted by molar-refractivity contribution is 5.99. The first-order valence-corrected chi connectivity index (χ1v) is 12.4. The van der Waals surface area contributed by atoms with E-state index in [1.807, 2.05) is 6.92 Å². The molecule has 196 valence electrons. The first-order valence-electron chi connectivity index (χ1n) is 12.4. The molecule has 0 radical (unpaired) electrons. The van der Waals surface area contributed by atoms with Crippen molar-refractivity contribution < 1.29 is 27.8 Å². The van der Waals surface area contributed by atoms with Gasteiger partial charge in [0, 0.05) is 29.3 Å². The molecule has 2 aromatic heterocycles. The van der Waals surface area contributed by atoms with Gasteiger partial charge >= 0.3 is 6.18 Å². The number of nitrogen functional groups attached to an aromatic ring is 1. The van der Waals surface area contributed by atoms with Gasteiger partial charge in [0.2, 0.25) is 0 Å². The second-order valence-electron chi connectivity index (χ2n) is 9.97. The van der Waals surface area contributed by atoms with Crippen LogP contribution < -0.4 is 5.73 Å². The molecule has 1 amide bonds. The van der Waals surface area contributed by atoms with Crippen LogP contribution in [0, 0.1) is 5.92 Å². The van der Waals surface area contributed by atoms with Gasteiger partial charge in [0.05, 0.1) is 42.1 Å². The summed E-state index contributed by atoms with van der Waals surface area (Å²) in [4.78, 5) is 23.9. The van der Waals surface area contributed by atoms with E-state index in [1.165, 1.54) is 6.07 Å². The number of nitrogens with zero attached hydrogens (tertiary/aromatic N) is 3. The van der Waals surface area contributed by atoms with Crippen molar-refractivity contribution in [1.29, 1.82) is 0 Å². The highest BCUT2D eigenvalue weighted by atomic mass is 19.4. The number of aliphatic hydroxyl groups is 1. The molecule has 7 nitrogen and oxygen atoms in total. The van der Waals surface area contributed by atoms with Gasteiger partial charge in [-0.1, -0.05) is 0 Å². The molecule has 0 bridgehead atoms. The van der Waals surface area contributed by atoms with Crippen molar-refractivity contribution in [2.75, 3.05) is 12.3 Å². The van der Waals surface area contributed by atoms with Crippen molar-refractivity contribution in [3.05, 3.63) is 64.5 Å². The van der Waals surface area contributed by atoms with Crippen LogP contribution in [0.5, 0.6) is 0 Å². The minimum atomic E-state index is -4.48. The Morgan fingerprint density at radius 1 is 1.19 bits per heavy atom. The van der Waals surface area contributed by atoms with Gasteiger partial charge in [-0.2, -0.15) is 13.2 Å². The number of alkyl halides is 3. The number of rotatable bonds is 5. The van der Waals surface area contributed by atoms with Gasteiger partial charge in [0.1, 0.15) is 5.82 Å². The molecule has 0 unspecified atom stereocenters. The molecule has 37 heavy (non-hydrogen) atoms. The van der Waals surface area contributed by atoms with Gasteiger partial charge in [-0.3, -0.25) is 9.78 Å². The van der Waals surface area contributed by atoms with E-state index in [-0.39, 0.29) is 30.6 Å². The monoisotopic (exact) mass is 514 g/mol. The summed E-state index contributed by atoms with van der Waals surface area (Å²) >= 11 is 0. The summed E-state index contributed by atoms with van der Waals surface area (Å²) in [6.45, 7) is 2.78. The largest absolute Gasteiger partial charge is 0.417 e. The van der Waals surface area contributed by atoms with Crippen LogP contribution in [0.3, 0.4) is 0 Å². The number of fused-ring (bicyclic) bond motifs is 3. The lowest BCUT2D eigenvalue weighted by Gasteiger charge is -2.31. The van der Waals surface area contributed by atoms with Crippen molar-refractivity contribution in [3.8, 4) is 0 Å². The fourth-order valence-electron chi connectivity index (χ4n) is 5.32. The number of pyridine rings is 2. The third-order valence-corrected chi connectivity index (χ3v) is 7.38. The molecule has 0 saturated heterocycles. The van der Waals surface area contributed by atoms with Crippen LogP contribution in [0.25, 0.3) is 10.9 Å². The van der Waals surface area contributed by atoms with E-state index in [0.29, 0.717) is 48.6 Å². The molecule has 2 aliphatic rings. The standard InChI is InChI=1S/C27H29F3N4O3/c1-15-24-22(14-37-15)21-10-17(4-9-23(21)33-25(24)31)26(36)34(12-16-2-7-20(35)8-3-16)13-19-6-5-18(11-32-19)27(28,29)30/h4-6,9-11,15-16,20,35H,2-3,7-8,12-14H2,1H3,(H2,31,33)/t15-,16-,20-/m1/s1. The number of halogens is 3. The van der Waals surface area contributed by atoms with Gasteiger partial charge < -0.3 is 20.5 Å². The number of aromatic nitrogens is 2. The second-order valence-corrected chi connectivity index (χ2v) is 9.97. The Kier molecular flexibility index (Phi) is 6.80. The van der Waals surface area contributed by atoms with Crippen molar-refractivity contribution in [2.45, 2.75) is 64.1 Å². The summed E-state index contributed by atoms with van der Waals surface area (Å²) < 4.78 is 44.7. The zero-order valence-electron chi connectivity index (χ0n) is 20.5. The van der Waals surface area contributed by atoms with Crippen molar-refractivity contribution in [3.63, 3.8) is 0 Å². The van der Waals surface area contributed by atoms with Crippen molar-refractivity contribution >= 4 is 22.6 Å². The fourth-order valence-corrected chi connectivity index (χ4v) is 5.32. The number of aliphatic hydroxyl groups excluding tert-OH is 1. The Balaban J connectivity index is 1.45. The molecule has 1 aliphatic carbocycles. The van der Waals surface area contributed by atoms with Crippen LogP contribution in [0.4, 0.5) is 19.0 Å². The predicted octanol–water partition coefficient (Wildman–Crippen LogP) is 5.02. The molecule has 5 rings (SSSR count). The van der Waals surface area contributed by atoms with Crippen LogP contribution in [-0.4, -0.2) is 38.5 Å². The Hall–Kier alpha value is -3.24. The molecule has 1 atom stereocenters. The molecule has 10 heteroatoms. The number of nitrogens with two attached hydrogens (primary N) is 1. The molecule has 1 fully saturated rings. The van der Waals surface area contributed by atoms with Crippen LogP contribution in [0.15, 0.2) is 36.5 Å². The molecule has 1 saturated carbocycles. The van der Waals surface area contributed by atoms with Gasteiger partial charge in [0.15, 0.2) is 0 Å². The highest BCUT2D eigenvalue weighted by Gasteiger charge is 2.31. The van der Waals surface area contributed by atoms with E-state index in [1.54, 1.807) is 23.1 Å². The topological polar surface area (TPSA) is 102 Å². The summed E-state index contributed by atoms with van der Waals surface area (Å²) in [5.74, 6) is 0.357. The fraction of sp³-hybridized carbons (Fsp3) is 0.444. The SMILES string of the molecule is C[C@H]1OCc2c1c(N)nc1ccc(C(=O)N(Cc3ccc(C(F)(F)F)cn3)C[C@H]3CC[C@H](O)CC3)cc21. The number of ether oxygens (including phenoxy) is 1. The average molecular weight is 515 g/mol. The van der Waals surface area contributed by atoms with E-state index in [4.69, 9.17) is 10.5 Å². The van der Waals surface area contributed by atoms with Gasteiger partial charge in [0.25, 0.3) is 5.91 Å². The summed E-state index contributed by atoms with van der Waals surface area (Å²) in [5.41, 5.74) is 8.56. The van der Waals surface area contributed by atoms with E-state index in [0.717, 1.165) is 41.6 Å². The molecule has 3 aromatic rings. The number of benzene rings is 1. The lowest BCUT2D eigenvalue weighted by molar-refractivity contribution is -0.137. The molecule has 3 N–H and O–H groups in total. The van der Waals surface area contributed by atoms with Crippen LogP contribution in [-0.2, 0) is 24.1 Å². The molecule has 1 aromatic carbocycles. The molecular formula is C27H29F3N4O3. The summed E-state index contributed by atoms with van der Waals surface area (Å²) in [6, 6.07) is 7.54. The Bertz CT molecular complexity index is 1300. The third-order valence-electron chi connectivity index (χ3n) is 7.38. The quantitative estimate of drug-likeness (QED) is 0.496. The first-order chi connectivity index (χ1) is 17.6. The molecule has 1 aliphatic heterocycles. The van der Waals surface area contributed by atoms with Crippen molar-refractivity contribution in [1.82, 2.24) is 14.9 Å². The zero-order chi connectivity index (χ0) is 26.3. The number of anilines is 1. The Morgan fingerprint density at radius 2 is 1.95 bits per heavy atom. The number of hydrogen-bond acceptors (Lipinski definition) is 6. The Labute approximate surface area is 212 Å². The van der Waals surface area contributed by atoms with Gasteiger partial charge in [-0.25, -0.2) is 4.98 Å². The smallest absolute Gasteiger partial charge is 0.393 e. The normalized spacial score (nSPS) is 21.7. The maximum atomic E-state index is 13.8.